The fraction of sp³-hybridized carbons (Fsp3) is 0.125. The summed E-state index contributed by atoms with van der Waals surface area (Å²) in [6.45, 7) is 0.364. The Kier molecular flexibility index (Phi) is 1.81. The van der Waals surface area contributed by atoms with E-state index in [1.165, 1.54) is 12.1 Å². The third-order valence-electron chi connectivity index (χ3n) is 2.02. The van der Waals surface area contributed by atoms with Crippen molar-refractivity contribution in [3.8, 4) is 0 Å². The summed E-state index contributed by atoms with van der Waals surface area (Å²) in [4.78, 5) is 10.0. The van der Waals surface area contributed by atoms with E-state index >= 15 is 0 Å². The van der Waals surface area contributed by atoms with E-state index in [1.54, 1.807) is 6.07 Å². The van der Waals surface area contributed by atoms with Crippen LogP contribution in [0.5, 0.6) is 0 Å². The van der Waals surface area contributed by atoms with E-state index in [4.69, 9.17) is 10.6 Å². The number of benzene rings is 1. The van der Waals surface area contributed by atoms with E-state index < -0.39 is 4.92 Å². The first-order valence-electron chi connectivity index (χ1n) is 3.90. The highest BCUT2D eigenvalue weighted by molar-refractivity contribution is 5.98. The quantitative estimate of drug-likeness (QED) is 0.404. The Morgan fingerprint density at radius 2 is 2.36 bits per heavy atom. The summed E-state index contributed by atoms with van der Waals surface area (Å²) in [6, 6.07) is 4.49. The van der Waals surface area contributed by atoms with Crippen molar-refractivity contribution in [1.29, 1.82) is 0 Å². The number of nitrogens with two attached hydrogens (primary N) is 1. The van der Waals surface area contributed by atoms with Gasteiger partial charge in [0.1, 0.15) is 6.61 Å². The Hall–Kier alpha value is -2.11. The minimum Gasteiger partial charge on any atom is -0.471 e. The molecule has 0 amide bonds. The van der Waals surface area contributed by atoms with E-state index in [-0.39, 0.29) is 11.6 Å². The summed E-state index contributed by atoms with van der Waals surface area (Å²) in [7, 11) is 0. The van der Waals surface area contributed by atoms with E-state index in [0.717, 1.165) is 5.56 Å². The lowest BCUT2D eigenvalue weighted by molar-refractivity contribution is -0.384. The van der Waals surface area contributed by atoms with Gasteiger partial charge in [-0.15, -0.1) is 5.10 Å². The molecular formula is C8H7N3O3. The summed E-state index contributed by atoms with van der Waals surface area (Å²) >= 11 is 0. The predicted molar refractivity (Wildman–Crippen MR) is 48.6 cm³/mol. The molecule has 0 fully saturated rings. The van der Waals surface area contributed by atoms with Crippen molar-refractivity contribution in [1.82, 2.24) is 0 Å². The van der Waals surface area contributed by atoms with Crippen molar-refractivity contribution in [3.05, 3.63) is 39.4 Å². The summed E-state index contributed by atoms with van der Waals surface area (Å²) < 4.78 is 5.11. The monoisotopic (exact) mass is 193 g/mol. The van der Waals surface area contributed by atoms with Crippen LogP contribution in [0.25, 0.3) is 0 Å². The Balaban J connectivity index is 2.53. The lowest BCUT2D eigenvalue weighted by atomic mass is 10.1. The van der Waals surface area contributed by atoms with Crippen LogP contribution >= 0.6 is 0 Å². The molecular weight excluding hydrogens is 186 g/mol. The van der Waals surface area contributed by atoms with Crippen molar-refractivity contribution < 1.29 is 9.66 Å². The molecule has 0 atom stereocenters. The largest absolute Gasteiger partial charge is 0.471 e. The zero-order chi connectivity index (χ0) is 10.1. The number of hydrogen-bond acceptors (Lipinski definition) is 5. The van der Waals surface area contributed by atoms with Gasteiger partial charge >= 0.3 is 0 Å². The molecule has 1 aliphatic heterocycles. The number of nitro groups is 1. The Labute approximate surface area is 79.1 Å². The fourth-order valence-corrected chi connectivity index (χ4v) is 1.33. The van der Waals surface area contributed by atoms with Crippen LogP contribution in [0.2, 0.25) is 0 Å². The molecule has 6 heteroatoms. The third-order valence-corrected chi connectivity index (χ3v) is 2.02. The van der Waals surface area contributed by atoms with E-state index in [9.17, 15) is 10.1 Å². The van der Waals surface area contributed by atoms with Crippen LogP contribution in [0, 0.1) is 10.1 Å². The normalized spacial score (nSPS) is 16.4. The SMILES string of the molecule is NN=C1OCc2ccc([N+](=O)[O-])cc21. The predicted octanol–water partition coefficient (Wildman–Crippen LogP) is 0.745. The van der Waals surface area contributed by atoms with Gasteiger partial charge in [-0.3, -0.25) is 10.1 Å². The first kappa shape index (κ1) is 8.49. The van der Waals surface area contributed by atoms with Crippen molar-refractivity contribution >= 4 is 11.6 Å². The standard InChI is InChI=1S/C8H7N3O3/c9-10-8-7-3-6(11(12)13)2-1-5(7)4-14-8/h1-3H,4,9H2. The van der Waals surface area contributed by atoms with E-state index in [1.807, 2.05) is 0 Å². The molecule has 0 bridgehead atoms. The molecule has 2 rings (SSSR count). The number of non-ortho nitro benzene ring substituents is 1. The second-order valence-corrected chi connectivity index (χ2v) is 2.82. The van der Waals surface area contributed by atoms with Gasteiger partial charge in [-0.2, -0.15) is 0 Å². The number of hydrazone groups is 1. The second-order valence-electron chi connectivity index (χ2n) is 2.82. The van der Waals surface area contributed by atoms with Gasteiger partial charge in [-0.25, -0.2) is 0 Å². The molecule has 1 aliphatic rings. The van der Waals surface area contributed by atoms with Crippen LogP contribution in [0.1, 0.15) is 11.1 Å². The molecule has 0 radical (unpaired) electrons. The topological polar surface area (TPSA) is 90.8 Å². The summed E-state index contributed by atoms with van der Waals surface area (Å²) in [6.07, 6.45) is 0. The van der Waals surface area contributed by atoms with Gasteiger partial charge in [0.2, 0.25) is 5.90 Å². The summed E-state index contributed by atoms with van der Waals surface area (Å²) in [5.74, 6) is 5.32. The van der Waals surface area contributed by atoms with Crippen molar-refractivity contribution in [2.24, 2.45) is 10.9 Å². The number of nitrogens with zero attached hydrogens (tertiary/aromatic N) is 2. The molecule has 1 heterocycles. The molecule has 0 aromatic heterocycles. The number of fused-ring (bicyclic) bond motifs is 1. The maximum Gasteiger partial charge on any atom is 0.270 e. The lowest BCUT2D eigenvalue weighted by Gasteiger charge is -1.95. The third kappa shape index (κ3) is 1.17. The zero-order valence-electron chi connectivity index (χ0n) is 7.14. The van der Waals surface area contributed by atoms with Crippen LogP contribution in [0.4, 0.5) is 5.69 Å². The first-order chi connectivity index (χ1) is 6.72. The maximum absolute atomic E-state index is 10.5. The fourth-order valence-electron chi connectivity index (χ4n) is 1.33. The van der Waals surface area contributed by atoms with Gasteiger partial charge in [-0.05, 0) is 6.07 Å². The zero-order valence-corrected chi connectivity index (χ0v) is 7.14. The van der Waals surface area contributed by atoms with Crippen molar-refractivity contribution in [3.63, 3.8) is 0 Å². The molecule has 1 aromatic rings. The maximum atomic E-state index is 10.5. The molecule has 0 spiro atoms. The molecule has 72 valence electrons. The second kappa shape index (κ2) is 2.99. The van der Waals surface area contributed by atoms with Gasteiger partial charge in [0.25, 0.3) is 5.69 Å². The molecule has 0 unspecified atom stereocenters. The number of nitro benzene ring substituents is 1. The minimum absolute atomic E-state index is 0.00963. The smallest absolute Gasteiger partial charge is 0.270 e. The van der Waals surface area contributed by atoms with E-state index in [2.05, 4.69) is 5.10 Å². The van der Waals surface area contributed by atoms with Gasteiger partial charge in [0, 0.05) is 17.7 Å². The molecule has 14 heavy (non-hydrogen) atoms. The molecule has 2 N–H and O–H groups in total. The first-order valence-corrected chi connectivity index (χ1v) is 3.90. The van der Waals surface area contributed by atoms with Crippen LogP contribution < -0.4 is 5.84 Å². The highest BCUT2D eigenvalue weighted by Crippen LogP contribution is 2.24. The van der Waals surface area contributed by atoms with E-state index in [0.29, 0.717) is 12.2 Å². The Morgan fingerprint density at radius 3 is 3.00 bits per heavy atom. The highest BCUT2D eigenvalue weighted by Gasteiger charge is 2.22. The molecule has 0 saturated heterocycles. The summed E-state index contributed by atoms with van der Waals surface area (Å²) in [5, 5.41) is 13.9. The van der Waals surface area contributed by atoms with Crippen LogP contribution in [0.3, 0.4) is 0 Å². The van der Waals surface area contributed by atoms with Gasteiger partial charge < -0.3 is 10.6 Å². The number of ether oxygens (including phenoxy) is 1. The van der Waals surface area contributed by atoms with Gasteiger partial charge in [-0.1, -0.05) is 0 Å². The average molecular weight is 193 g/mol. The molecule has 1 aromatic carbocycles. The van der Waals surface area contributed by atoms with Crippen LogP contribution in [0.15, 0.2) is 23.3 Å². The minimum atomic E-state index is -0.466. The number of hydrogen-bond donors (Lipinski definition) is 1. The van der Waals surface area contributed by atoms with Crippen LogP contribution in [-0.2, 0) is 11.3 Å². The Bertz CT molecular complexity index is 428. The summed E-state index contributed by atoms with van der Waals surface area (Å²) in [5.41, 5.74) is 1.47. The van der Waals surface area contributed by atoms with Gasteiger partial charge in [0.05, 0.1) is 10.5 Å². The molecule has 0 saturated carbocycles. The Morgan fingerprint density at radius 1 is 1.57 bits per heavy atom. The van der Waals surface area contributed by atoms with Crippen LogP contribution in [-0.4, -0.2) is 10.8 Å². The highest BCUT2D eigenvalue weighted by atomic mass is 16.6. The molecule has 0 aliphatic carbocycles. The van der Waals surface area contributed by atoms with Crippen molar-refractivity contribution in [2.75, 3.05) is 0 Å². The number of rotatable bonds is 1. The van der Waals surface area contributed by atoms with Crippen molar-refractivity contribution in [2.45, 2.75) is 6.61 Å². The lowest BCUT2D eigenvalue weighted by Crippen LogP contribution is -2.01. The average Bonchev–Trinajstić information content (AvgIpc) is 2.59. The molecule has 6 nitrogen and oxygen atoms in total. The van der Waals surface area contributed by atoms with Gasteiger partial charge in [0.15, 0.2) is 0 Å².